The Bertz CT molecular complexity index is 583. The number of amides is 1. The van der Waals surface area contributed by atoms with Crippen molar-refractivity contribution in [1.29, 1.82) is 0 Å². The summed E-state index contributed by atoms with van der Waals surface area (Å²) >= 11 is 0. The Morgan fingerprint density at radius 3 is 1.71 bits per heavy atom. The average Bonchev–Trinajstić information content (AvgIpc) is 2.63. The van der Waals surface area contributed by atoms with E-state index in [1.54, 1.807) is 0 Å². The molecule has 0 heterocycles. The predicted octanol–water partition coefficient (Wildman–Crippen LogP) is 4.20. The molecule has 2 atom stereocenters. The number of aliphatic hydroxyl groups is 2. The number of rotatable bonds is 13. The third-order valence-electron chi connectivity index (χ3n) is 4.39. The molecule has 0 spiro atoms. The maximum absolute atomic E-state index is 11.7. The number of nitrogens with zero attached hydrogens (tertiary/aromatic N) is 1. The molecule has 1 amide bonds. The highest BCUT2D eigenvalue weighted by Crippen LogP contribution is 2.11. The molecule has 0 saturated carbocycles. The standard InChI is InChI=1S/C24H37NO3/c1-4-5-6-7-8-9-10-11-12-13-14-15-16-17-18-19-20-21-24(28)25(22(2)26)23(3)27/h22-23,26-27H,4-15H2,1-3H3. The van der Waals surface area contributed by atoms with E-state index in [1.807, 2.05) is 0 Å². The first-order chi connectivity index (χ1) is 13.5. The molecule has 0 aliphatic heterocycles. The minimum Gasteiger partial charge on any atom is -0.374 e. The minimum atomic E-state index is -1.11. The third-order valence-corrected chi connectivity index (χ3v) is 4.39. The van der Waals surface area contributed by atoms with Gasteiger partial charge in [0, 0.05) is 12.3 Å². The average molecular weight is 388 g/mol. The zero-order valence-corrected chi connectivity index (χ0v) is 17.9. The topological polar surface area (TPSA) is 60.8 Å². The first-order valence-electron chi connectivity index (χ1n) is 10.7. The van der Waals surface area contributed by atoms with Crippen LogP contribution in [-0.4, -0.2) is 33.5 Å². The molecule has 0 aromatic heterocycles. The fourth-order valence-corrected chi connectivity index (χ4v) is 2.85. The van der Waals surface area contributed by atoms with Crippen LogP contribution in [-0.2, 0) is 4.79 Å². The number of hydrogen-bond acceptors (Lipinski definition) is 3. The molecule has 2 N–H and O–H groups in total. The van der Waals surface area contributed by atoms with E-state index >= 15 is 0 Å². The van der Waals surface area contributed by atoms with Gasteiger partial charge < -0.3 is 10.2 Å². The van der Waals surface area contributed by atoms with Crippen LogP contribution in [0.5, 0.6) is 0 Å². The molecular formula is C24H37NO3. The van der Waals surface area contributed by atoms with Crippen LogP contribution in [0.3, 0.4) is 0 Å². The van der Waals surface area contributed by atoms with Gasteiger partial charge in [-0.3, -0.25) is 9.69 Å². The van der Waals surface area contributed by atoms with E-state index in [2.05, 4.69) is 42.4 Å². The number of aliphatic hydroxyl groups excluding tert-OH is 2. The molecule has 2 unspecified atom stereocenters. The fraction of sp³-hybridized carbons (Fsp3) is 0.708. The molecule has 4 heteroatoms. The van der Waals surface area contributed by atoms with Crippen molar-refractivity contribution >= 4 is 5.91 Å². The highest BCUT2D eigenvalue weighted by atomic mass is 16.3. The quantitative estimate of drug-likeness (QED) is 0.283. The molecule has 0 aromatic rings. The van der Waals surface area contributed by atoms with E-state index in [0.717, 1.165) is 17.7 Å². The van der Waals surface area contributed by atoms with Gasteiger partial charge >= 0.3 is 5.91 Å². The van der Waals surface area contributed by atoms with Gasteiger partial charge in [-0.25, -0.2) is 0 Å². The van der Waals surface area contributed by atoms with Crippen molar-refractivity contribution < 1.29 is 15.0 Å². The molecule has 0 saturated heterocycles. The molecule has 0 radical (unpaired) electrons. The maximum atomic E-state index is 11.7. The monoisotopic (exact) mass is 387 g/mol. The Kier molecular flexibility index (Phi) is 17.2. The number of unbranched alkanes of at least 4 members (excludes halogenated alkanes) is 11. The van der Waals surface area contributed by atoms with E-state index in [4.69, 9.17) is 0 Å². The van der Waals surface area contributed by atoms with Crippen LogP contribution in [0.15, 0.2) is 0 Å². The van der Waals surface area contributed by atoms with Crippen LogP contribution in [0.2, 0.25) is 0 Å². The van der Waals surface area contributed by atoms with Crippen molar-refractivity contribution in [3.8, 4) is 35.5 Å². The lowest BCUT2D eigenvalue weighted by atomic mass is 10.1. The third kappa shape index (κ3) is 15.2. The largest absolute Gasteiger partial charge is 0.374 e. The molecule has 0 aliphatic carbocycles. The summed E-state index contributed by atoms with van der Waals surface area (Å²) in [6.07, 6.45) is 13.1. The van der Waals surface area contributed by atoms with Gasteiger partial charge in [-0.1, -0.05) is 77.1 Å². The van der Waals surface area contributed by atoms with Gasteiger partial charge in [0.15, 0.2) is 0 Å². The lowest BCUT2D eigenvalue weighted by molar-refractivity contribution is -0.149. The highest BCUT2D eigenvalue weighted by molar-refractivity contribution is 5.94. The Labute approximate surface area is 172 Å². The summed E-state index contributed by atoms with van der Waals surface area (Å²) in [4.78, 5) is 12.6. The Morgan fingerprint density at radius 1 is 0.750 bits per heavy atom. The van der Waals surface area contributed by atoms with Gasteiger partial charge in [0.2, 0.25) is 0 Å². The lowest BCUT2D eigenvalue weighted by Gasteiger charge is -2.25. The van der Waals surface area contributed by atoms with Gasteiger partial charge in [-0.15, -0.1) is 0 Å². The molecule has 156 valence electrons. The molecule has 0 rings (SSSR count). The van der Waals surface area contributed by atoms with Crippen molar-refractivity contribution in [2.45, 2.75) is 110 Å². The van der Waals surface area contributed by atoms with Crippen molar-refractivity contribution in [3.63, 3.8) is 0 Å². The summed E-state index contributed by atoms with van der Waals surface area (Å²) in [7, 11) is 0. The Balaban J connectivity index is 3.78. The molecule has 28 heavy (non-hydrogen) atoms. The van der Waals surface area contributed by atoms with Gasteiger partial charge in [-0.2, -0.15) is 0 Å². The normalized spacial score (nSPS) is 11.8. The molecule has 0 aromatic carbocycles. The molecular weight excluding hydrogens is 350 g/mol. The number of carbonyl (C=O) groups excluding carboxylic acids is 1. The van der Waals surface area contributed by atoms with Crippen LogP contribution >= 0.6 is 0 Å². The summed E-state index contributed by atoms with van der Waals surface area (Å²) in [6, 6.07) is 0. The first kappa shape index (κ1) is 26.1. The molecule has 0 fully saturated rings. The van der Waals surface area contributed by atoms with E-state index in [1.165, 1.54) is 78.1 Å². The Hall–Kier alpha value is -1.93. The van der Waals surface area contributed by atoms with Crippen LogP contribution < -0.4 is 0 Å². The van der Waals surface area contributed by atoms with Crippen LogP contribution in [0, 0.1) is 35.5 Å². The van der Waals surface area contributed by atoms with Gasteiger partial charge in [0.05, 0.1) is 0 Å². The maximum Gasteiger partial charge on any atom is 0.303 e. The molecule has 0 bridgehead atoms. The fourth-order valence-electron chi connectivity index (χ4n) is 2.85. The van der Waals surface area contributed by atoms with E-state index in [9.17, 15) is 15.0 Å². The summed E-state index contributed by atoms with van der Waals surface area (Å²) in [6.45, 7) is 5.03. The van der Waals surface area contributed by atoms with Crippen LogP contribution in [0.4, 0.5) is 0 Å². The first-order valence-corrected chi connectivity index (χ1v) is 10.7. The second kappa shape index (κ2) is 18.4. The number of hydrogen-bond donors (Lipinski definition) is 2. The molecule has 4 nitrogen and oxygen atoms in total. The zero-order valence-electron chi connectivity index (χ0n) is 17.9. The summed E-state index contributed by atoms with van der Waals surface area (Å²) in [5.41, 5.74) is 0. The van der Waals surface area contributed by atoms with Crippen molar-refractivity contribution in [2.24, 2.45) is 0 Å². The van der Waals surface area contributed by atoms with Crippen LogP contribution in [0.1, 0.15) is 97.8 Å². The van der Waals surface area contributed by atoms with Gasteiger partial charge in [0.25, 0.3) is 0 Å². The van der Waals surface area contributed by atoms with E-state index in [-0.39, 0.29) is 0 Å². The predicted molar refractivity (Wildman–Crippen MR) is 115 cm³/mol. The van der Waals surface area contributed by atoms with E-state index < -0.39 is 18.4 Å². The highest BCUT2D eigenvalue weighted by Gasteiger charge is 2.20. The lowest BCUT2D eigenvalue weighted by Crippen LogP contribution is -2.44. The Morgan fingerprint density at radius 2 is 1.21 bits per heavy atom. The van der Waals surface area contributed by atoms with Gasteiger partial charge in [0.1, 0.15) is 12.5 Å². The summed E-state index contributed by atoms with van der Waals surface area (Å²) < 4.78 is 0. The van der Waals surface area contributed by atoms with Crippen molar-refractivity contribution in [3.05, 3.63) is 0 Å². The minimum absolute atomic E-state index is 0.673. The smallest absolute Gasteiger partial charge is 0.303 e. The second-order valence-electron chi connectivity index (χ2n) is 7.06. The molecule has 0 aliphatic rings. The SMILES string of the molecule is CCCCCCCCCCCCCC#CC#CC#CC(=O)N(C(C)O)C(C)O. The second-order valence-corrected chi connectivity index (χ2v) is 7.06. The van der Waals surface area contributed by atoms with Crippen molar-refractivity contribution in [2.75, 3.05) is 0 Å². The van der Waals surface area contributed by atoms with Crippen molar-refractivity contribution in [1.82, 2.24) is 4.90 Å². The van der Waals surface area contributed by atoms with Crippen LogP contribution in [0.25, 0.3) is 0 Å². The van der Waals surface area contributed by atoms with E-state index in [0.29, 0.717) is 0 Å². The number of carbonyl (C=O) groups is 1. The zero-order chi connectivity index (χ0) is 21.0. The summed E-state index contributed by atoms with van der Waals surface area (Å²) in [5, 5.41) is 18.8. The summed E-state index contributed by atoms with van der Waals surface area (Å²) in [5.74, 6) is 14.8. The van der Waals surface area contributed by atoms with Gasteiger partial charge in [-0.05, 0) is 44.0 Å².